The van der Waals surface area contributed by atoms with Gasteiger partial charge < -0.3 is 20.5 Å². The molecule has 0 aromatic carbocycles. The van der Waals surface area contributed by atoms with Gasteiger partial charge in [-0.25, -0.2) is 0 Å². The zero-order chi connectivity index (χ0) is 13.7. The molecule has 4 heteroatoms. The highest BCUT2D eigenvalue weighted by atomic mass is 16.5. The summed E-state index contributed by atoms with van der Waals surface area (Å²) in [6.45, 7) is 11.9. The summed E-state index contributed by atoms with van der Waals surface area (Å²) in [6, 6.07) is 0.583. The maximum Gasteiger partial charge on any atom is 0.0499 e. The Hall–Kier alpha value is -0.160. The van der Waals surface area contributed by atoms with Crippen molar-refractivity contribution in [3.05, 3.63) is 0 Å². The lowest BCUT2D eigenvalue weighted by Gasteiger charge is -2.13. The van der Waals surface area contributed by atoms with Crippen molar-refractivity contribution < 1.29 is 9.47 Å². The molecule has 0 radical (unpaired) electrons. The van der Waals surface area contributed by atoms with Crippen molar-refractivity contribution in [2.45, 2.75) is 33.7 Å². The van der Waals surface area contributed by atoms with Crippen LogP contribution >= 0.6 is 0 Å². The first kappa shape index (κ1) is 19.2. The summed E-state index contributed by atoms with van der Waals surface area (Å²) in [7, 11) is 3.43. The van der Waals surface area contributed by atoms with Crippen LogP contribution in [0.1, 0.15) is 27.7 Å². The van der Waals surface area contributed by atoms with Gasteiger partial charge in [0.05, 0.1) is 0 Å². The molecule has 0 spiro atoms. The van der Waals surface area contributed by atoms with Crippen LogP contribution in [0.25, 0.3) is 0 Å². The molecule has 0 heterocycles. The highest BCUT2D eigenvalue weighted by molar-refractivity contribution is 4.58. The van der Waals surface area contributed by atoms with Gasteiger partial charge in [0.2, 0.25) is 0 Å². The predicted molar refractivity (Wildman–Crippen MR) is 74.3 cm³/mol. The van der Waals surface area contributed by atoms with E-state index in [4.69, 9.17) is 15.2 Å². The molecule has 0 aromatic rings. The van der Waals surface area contributed by atoms with E-state index in [1.165, 1.54) is 0 Å². The molecular formula is C13H32N2O2. The summed E-state index contributed by atoms with van der Waals surface area (Å²) in [6.07, 6.45) is 0. The van der Waals surface area contributed by atoms with Crippen LogP contribution in [0.3, 0.4) is 0 Å². The van der Waals surface area contributed by atoms with Gasteiger partial charge in [0.1, 0.15) is 0 Å². The molecule has 0 aliphatic rings. The Labute approximate surface area is 107 Å². The first-order valence-corrected chi connectivity index (χ1v) is 6.39. The molecule has 3 N–H and O–H groups in total. The van der Waals surface area contributed by atoms with Gasteiger partial charge >= 0.3 is 0 Å². The first-order chi connectivity index (χ1) is 7.97. The van der Waals surface area contributed by atoms with Crippen LogP contribution in [0.2, 0.25) is 0 Å². The molecule has 0 rings (SSSR count). The zero-order valence-corrected chi connectivity index (χ0v) is 12.5. The molecule has 0 fully saturated rings. The third kappa shape index (κ3) is 18.4. The van der Waals surface area contributed by atoms with Crippen molar-refractivity contribution in [2.24, 2.45) is 17.6 Å². The lowest BCUT2D eigenvalue weighted by molar-refractivity contribution is 0.157. The van der Waals surface area contributed by atoms with Crippen LogP contribution in [0.5, 0.6) is 0 Å². The van der Waals surface area contributed by atoms with Crippen LogP contribution in [-0.2, 0) is 9.47 Å². The Morgan fingerprint density at radius 2 is 1.41 bits per heavy atom. The lowest BCUT2D eigenvalue weighted by Crippen LogP contribution is -2.29. The number of ether oxygens (including phenoxy) is 2. The molecule has 0 unspecified atom stereocenters. The maximum absolute atomic E-state index is 5.28. The normalized spacial score (nSPS) is 14.1. The fourth-order valence-corrected chi connectivity index (χ4v) is 1.13. The predicted octanol–water partition coefficient (Wildman–Crippen LogP) is 1.49. The molecule has 0 aliphatic heterocycles. The molecule has 17 heavy (non-hydrogen) atoms. The van der Waals surface area contributed by atoms with E-state index in [9.17, 15) is 0 Å². The quantitative estimate of drug-likeness (QED) is 0.683. The van der Waals surface area contributed by atoms with E-state index >= 15 is 0 Å². The maximum atomic E-state index is 5.28. The number of hydrogen-bond donors (Lipinski definition) is 2. The van der Waals surface area contributed by atoms with E-state index in [-0.39, 0.29) is 0 Å². The lowest BCUT2D eigenvalue weighted by atomic mass is 10.2. The van der Waals surface area contributed by atoms with Crippen molar-refractivity contribution in [1.82, 2.24) is 5.32 Å². The van der Waals surface area contributed by atoms with Crippen molar-refractivity contribution >= 4 is 0 Å². The Bertz CT molecular complexity index is 143. The fraction of sp³-hybridized carbons (Fsp3) is 1.00. The Balaban J connectivity index is 0. The van der Waals surface area contributed by atoms with Crippen molar-refractivity contribution in [1.29, 1.82) is 0 Å². The highest BCUT2D eigenvalue weighted by Gasteiger charge is 2.00. The average molecular weight is 248 g/mol. The van der Waals surface area contributed by atoms with Crippen molar-refractivity contribution in [3.8, 4) is 0 Å². The van der Waals surface area contributed by atoms with E-state index in [0.717, 1.165) is 19.8 Å². The summed E-state index contributed by atoms with van der Waals surface area (Å²) < 4.78 is 9.81. The Morgan fingerprint density at radius 1 is 0.941 bits per heavy atom. The van der Waals surface area contributed by atoms with Gasteiger partial charge in [-0.05, 0) is 18.4 Å². The van der Waals surface area contributed by atoms with Crippen molar-refractivity contribution in [2.75, 3.05) is 40.5 Å². The SMILES string of the molecule is COC[C@H](C)CN.COC[C@H](C)CNC(C)C. The second-order valence-corrected chi connectivity index (χ2v) is 4.92. The number of nitrogens with one attached hydrogen (secondary N) is 1. The number of hydrogen-bond acceptors (Lipinski definition) is 4. The van der Waals surface area contributed by atoms with E-state index in [1.807, 2.05) is 0 Å². The molecule has 0 aromatic heterocycles. The van der Waals surface area contributed by atoms with Gasteiger partial charge in [0, 0.05) is 40.0 Å². The molecule has 0 aliphatic carbocycles. The number of rotatable bonds is 8. The van der Waals surface area contributed by atoms with E-state index in [1.54, 1.807) is 14.2 Å². The minimum Gasteiger partial charge on any atom is -0.384 e. The second kappa shape index (κ2) is 13.9. The molecule has 106 valence electrons. The van der Waals surface area contributed by atoms with Gasteiger partial charge in [-0.15, -0.1) is 0 Å². The Kier molecular flexibility index (Phi) is 15.7. The van der Waals surface area contributed by atoms with E-state index in [0.29, 0.717) is 24.4 Å². The zero-order valence-electron chi connectivity index (χ0n) is 12.5. The minimum absolute atomic E-state index is 0.505. The number of methoxy groups -OCH3 is 2. The second-order valence-electron chi connectivity index (χ2n) is 4.92. The molecule has 0 amide bonds. The van der Waals surface area contributed by atoms with Gasteiger partial charge in [0.15, 0.2) is 0 Å². The van der Waals surface area contributed by atoms with E-state index < -0.39 is 0 Å². The summed E-state index contributed by atoms with van der Waals surface area (Å²) in [4.78, 5) is 0. The van der Waals surface area contributed by atoms with Crippen molar-refractivity contribution in [3.63, 3.8) is 0 Å². The van der Waals surface area contributed by atoms with E-state index in [2.05, 4.69) is 33.0 Å². The van der Waals surface area contributed by atoms with Gasteiger partial charge in [-0.3, -0.25) is 0 Å². The Morgan fingerprint density at radius 3 is 1.71 bits per heavy atom. The molecule has 2 atom stereocenters. The molecule has 0 saturated heterocycles. The van der Waals surface area contributed by atoms with Gasteiger partial charge in [0.25, 0.3) is 0 Å². The summed E-state index contributed by atoms with van der Waals surface area (Å²) >= 11 is 0. The third-order valence-corrected chi connectivity index (χ3v) is 2.18. The third-order valence-electron chi connectivity index (χ3n) is 2.18. The number of nitrogens with two attached hydrogens (primary N) is 1. The highest BCUT2D eigenvalue weighted by Crippen LogP contribution is 1.92. The monoisotopic (exact) mass is 248 g/mol. The van der Waals surface area contributed by atoms with Crippen LogP contribution in [0.15, 0.2) is 0 Å². The largest absolute Gasteiger partial charge is 0.384 e. The van der Waals surface area contributed by atoms with Gasteiger partial charge in [-0.2, -0.15) is 0 Å². The average Bonchev–Trinajstić information content (AvgIpc) is 2.28. The summed E-state index contributed by atoms with van der Waals surface area (Å²) in [5.41, 5.74) is 5.28. The minimum atomic E-state index is 0.505. The topological polar surface area (TPSA) is 56.5 Å². The molecule has 0 saturated carbocycles. The fourth-order valence-electron chi connectivity index (χ4n) is 1.13. The van der Waals surface area contributed by atoms with Crippen LogP contribution in [-0.4, -0.2) is 46.6 Å². The molecular weight excluding hydrogens is 216 g/mol. The first-order valence-electron chi connectivity index (χ1n) is 6.39. The van der Waals surface area contributed by atoms with Crippen LogP contribution in [0.4, 0.5) is 0 Å². The summed E-state index contributed by atoms with van der Waals surface area (Å²) in [5.74, 6) is 1.12. The molecule has 0 bridgehead atoms. The molecule has 4 nitrogen and oxygen atoms in total. The van der Waals surface area contributed by atoms with Crippen LogP contribution < -0.4 is 11.1 Å². The van der Waals surface area contributed by atoms with Gasteiger partial charge in [-0.1, -0.05) is 27.7 Å². The smallest absolute Gasteiger partial charge is 0.0499 e. The standard InChI is InChI=1S/C8H19NO.C5H13NO/c1-7(2)9-5-8(3)6-10-4;1-5(3-6)4-7-2/h7-9H,5-6H2,1-4H3;5H,3-4,6H2,1-2H3/t8-;5-/m11/s1. The van der Waals surface area contributed by atoms with Crippen LogP contribution in [0, 0.1) is 11.8 Å². The summed E-state index contributed by atoms with van der Waals surface area (Å²) in [5, 5.41) is 3.35.